The Morgan fingerprint density at radius 3 is 2.42 bits per heavy atom. The summed E-state index contributed by atoms with van der Waals surface area (Å²) in [6.07, 6.45) is 0. The van der Waals surface area contributed by atoms with Gasteiger partial charge in [-0.1, -0.05) is 30.3 Å². The molecule has 1 atom stereocenters. The van der Waals surface area contributed by atoms with Gasteiger partial charge in [0.1, 0.15) is 5.82 Å². The summed E-state index contributed by atoms with van der Waals surface area (Å²) in [6.45, 7) is 3.82. The summed E-state index contributed by atoms with van der Waals surface area (Å²) in [6, 6.07) is 17.6. The van der Waals surface area contributed by atoms with Crippen LogP contribution in [0.5, 0.6) is 0 Å². The number of carbonyl (C=O) groups excluding carboxylic acids is 1. The van der Waals surface area contributed by atoms with E-state index in [0.29, 0.717) is 11.1 Å². The fraction of sp³-hybridized carbons (Fsp3) is 0.240. The van der Waals surface area contributed by atoms with Crippen molar-refractivity contribution in [2.75, 3.05) is 25.4 Å². The Hall–Kier alpha value is -3.23. The highest BCUT2D eigenvalue weighted by atomic mass is 32.2. The van der Waals surface area contributed by atoms with Crippen molar-refractivity contribution in [1.29, 1.82) is 0 Å². The summed E-state index contributed by atoms with van der Waals surface area (Å²) in [4.78, 5) is 14.9. The molecule has 6 nitrogen and oxygen atoms in total. The predicted molar refractivity (Wildman–Crippen MR) is 128 cm³/mol. The third-order valence-corrected chi connectivity index (χ3v) is 6.85. The minimum atomic E-state index is -3.81. The topological polar surface area (TPSA) is 78.5 Å². The summed E-state index contributed by atoms with van der Waals surface area (Å²) >= 11 is 0. The second-order valence-electron chi connectivity index (χ2n) is 8.20. The van der Waals surface area contributed by atoms with E-state index in [1.165, 1.54) is 18.2 Å². The number of amides is 1. The van der Waals surface area contributed by atoms with Gasteiger partial charge in [0.2, 0.25) is 0 Å². The molecule has 0 aromatic heterocycles. The Kier molecular flexibility index (Phi) is 7.50. The molecule has 0 spiro atoms. The number of rotatable bonds is 8. The Balaban J connectivity index is 1.74. The third kappa shape index (κ3) is 6.18. The zero-order chi connectivity index (χ0) is 24.2. The van der Waals surface area contributed by atoms with Crippen LogP contribution < -0.4 is 10.0 Å². The molecular weight excluding hydrogens is 441 g/mol. The number of anilines is 1. The van der Waals surface area contributed by atoms with Crippen molar-refractivity contribution >= 4 is 21.6 Å². The largest absolute Gasteiger partial charge is 0.350 e. The van der Waals surface area contributed by atoms with Crippen molar-refractivity contribution in [2.24, 2.45) is 0 Å². The molecule has 3 aromatic carbocycles. The second-order valence-corrected chi connectivity index (χ2v) is 9.85. The molecule has 0 aliphatic carbocycles. The van der Waals surface area contributed by atoms with Crippen LogP contribution in [0.25, 0.3) is 0 Å². The van der Waals surface area contributed by atoms with E-state index in [2.05, 4.69) is 10.0 Å². The molecule has 0 radical (unpaired) electrons. The number of carbonyl (C=O) groups is 1. The quantitative estimate of drug-likeness (QED) is 0.516. The van der Waals surface area contributed by atoms with E-state index in [1.54, 1.807) is 43.3 Å². The van der Waals surface area contributed by atoms with E-state index < -0.39 is 10.0 Å². The van der Waals surface area contributed by atoms with Gasteiger partial charge in [-0.2, -0.15) is 0 Å². The summed E-state index contributed by atoms with van der Waals surface area (Å²) in [7, 11) is -0.107. The van der Waals surface area contributed by atoms with Crippen LogP contribution in [-0.2, 0) is 10.0 Å². The molecule has 2 N–H and O–H groups in total. The number of nitrogens with one attached hydrogen (secondary N) is 2. The first-order chi connectivity index (χ1) is 15.6. The van der Waals surface area contributed by atoms with Gasteiger partial charge in [0, 0.05) is 17.8 Å². The van der Waals surface area contributed by atoms with Crippen LogP contribution in [0.15, 0.2) is 71.6 Å². The summed E-state index contributed by atoms with van der Waals surface area (Å²) < 4.78 is 42.0. The SMILES string of the molecule is Cc1ccc(C)c(S(=O)(=O)Nc2cccc(C(=O)NCC(c3cccc(F)c3)N(C)C)c2)c1. The molecule has 33 heavy (non-hydrogen) atoms. The van der Waals surface area contributed by atoms with E-state index in [1.807, 2.05) is 38.1 Å². The highest BCUT2D eigenvalue weighted by Gasteiger charge is 2.19. The molecule has 0 aliphatic rings. The monoisotopic (exact) mass is 469 g/mol. The Morgan fingerprint density at radius 2 is 1.73 bits per heavy atom. The zero-order valence-electron chi connectivity index (χ0n) is 19.1. The fourth-order valence-corrected chi connectivity index (χ4v) is 4.91. The number of hydrogen-bond donors (Lipinski definition) is 2. The number of nitrogens with zero attached hydrogens (tertiary/aromatic N) is 1. The van der Waals surface area contributed by atoms with E-state index in [9.17, 15) is 17.6 Å². The number of aryl methyl sites for hydroxylation is 2. The van der Waals surface area contributed by atoms with Crippen LogP contribution in [0.4, 0.5) is 10.1 Å². The Labute approximate surface area is 194 Å². The van der Waals surface area contributed by atoms with Crippen molar-refractivity contribution in [3.05, 3.63) is 94.8 Å². The number of benzene rings is 3. The van der Waals surface area contributed by atoms with Crippen molar-refractivity contribution in [1.82, 2.24) is 10.2 Å². The van der Waals surface area contributed by atoms with Crippen molar-refractivity contribution in [3.8, 4) is 0 Å². The molecule has 1 amide bonds. The number of hydrogen-bond acceptors (Lipinski definition) is 4. The highest BCUT2D eigenvalue weighted by Crippen LogP contribution is 2.22. The molecular formula is C25H28FN3O3S. The maximum atomic E-state index is 13.6. The van der Waals surface area contributed by atoms with E-state index in [-0.39, 0.29) is 34.9 Å². The lowest BCUT2D eigenvalue weighted by Crippen LogP contribution is -2.34. The molecule has 174 valence electrons. The lowest BCUT2D eigenvalue weighted by atomic mass is 10.1. The van der Waals surface area contributed by atoms with Crippen molar-refractivity contribution in [2.45, 2.75) is 24.8 Å². The molecule has 3 rings (SSSR count). The highest BCUT2D eigenvalue weighted by molar-refractivity contribution is 7.92. The van der Waals surface area contributed by atoms with E-state index in [4.69, 9.17) is 0 Å². The summed E-state index contributed by atoms with van der Waals surface area (Å²) in [5.41, 5.74) is 2.82. The van der Waals surface area contributed by atoms with Gasteiger partial charge in [0.15, 0.2) is 0 Å². The summed E-state index contributed by atoms with van der Waals surface area (Å²) in [5, 5.41) is 2.86. The average Bonchev–Trinajstić information content (AvgIpc) is 2.75. The van der Waals surface area contributed by atoms with Gasteiger partial charge in [0.25, 0.3) is 15.9 Å². The smallest absolute Gasteiger partial charge is 0.262 e. The van der Waals surface area contributed by atoms with E-state index >= 15 is 0 Å². The number of likely N-dealkylation sites (N-methyl/N-ethyl adjacent to an activating group) is 1. The first kappa shape index (κ1) is 24.4. The Bertz CT molecular complexity index is 1260. The molecule has 3 aromatic rings. The molecule has 0 aliphatic heterocycles. The average molecular weight is 470 g/mol. The molecule has 0 saturated heterocycles. The zero-order valence-corrected chi connectivity index (χ0v) is 19.9. The lowest BCUT2D eigenvalue weighted by Gasteiger charge is -2.25. The summed E-state index contributed by atoms with van der Waals surface area (Å²) in [5.74, 6) is -0.694. The third-order valence-electron chi connectivity index (χ3n) is 5.32. The number of sulfonamides is 1. The minimum Gasteiger partial charge on any atom is -0.350 e. The van der Waals surface area contributed by atoms with Crippen LogP contribution in [0.1, 0.15) is 33.1 Å². The van der Waals surface area contributed by atoms with Gasteiger partial charge < -0.3 is 10.2 Å². The van der Waals surface area contributed by atoms with Crippen LogP contribution in [0, 0.1) is 19.7 Å². The van der Waals surface area contributed by atoms with Gasteiger partial charge in [-0.05, 0) is 81.0 Å². The molecule has 8 heteroatoms. The first-order valence-corrected chi connectivity index (χ1v) is 12.0. The van der Waals surface area contributed by atoms with Gasteiger partial charge in [-0.25, -0.2) is 12.8 Å². The van der Waals surface area contributed by atoms with Gasteiger partial charge in [-0.3, -0.25) is 9.52 Å². The van der Waals surface area contributed by atoms with Gasteiger partial charge in [-0.15, -0.1) is 0 Å². The molecule has 0 heterocycles. The van der Waals surface area contributed by atoms with Gasteiger partial charge >= 0.3 is 0 Å². The van der Waals surface area contributed by atoms with Crippen LogP contribution in [-0.4, -0.2) is 39.9 Å². The fourth-order valence-electron chi connectivity index (χ4n) is 3.53. The normalized spacial score (nSPS) is 12.4. The molecule has 0 bridgehead atoms. The Morgan fingerprint density at radius 1 is 1.00 bits per heavy atom. The second kappa shape index (κ2) is 10.1. The van der Waals surface area contributed by atoms with E-state index in [0.717, 1.165) is 11.1 Å². The van der Waals surface area contributed by atoms with Crippen LogP contribution in [0.3, 0.4) is 0 Å². The number of halogens is 1. The van der Waals surface area contributed by atoms with Gasteiger partial charge in [0.05, 0.1) is 10.9 Å². The van der Waals surface area contributed by atoms with Crippen LogP contribution >= 0.6 is 0 Å². The predicted octanol–water partition coefficient (Wildman–Crippen LogP) is 4.28. The maximum Gasteiger partial charge on any atom is 0.262 e. The van der Waals surface area contributed by atoms with Crippen molar-refractivity contribution < 1.29 is 17.6 Å². The molecule has 0 saturated carbocycles. The van der Waals surface area contributed by atoms with Crippen molar-refractivity contribution in [3.63, 3.8) is 0 Å². The molecule has 0 fully saturated rings. The van der Waals surface area contributed by atoms with Crippen LogP contribution in [0.2, 0.25) is 0 Å². The minimum absolute atomic E-state index is 0.196. The first-order valence-electron chi connectivity index (χ1n) is 10.5. The molecule has 1 unspecified atom stereocenters. The maximum absolute atomic E-state index is 13.6. The lowest BCUT2D eigenvalue weighted by molar-refractivity contribution is 0.0942. The standard InChI is InChI=1S/C25H28FN3O3S/c1-17-11-12-18(2)24(13-17)33(31,32)28-22-10-6-8-20(15-22)25(30)27-16-23(29(3)4)19-7-5-9-21(26)14-19/h5-15,23,28H,16H2,1-4H3,(H,27,30).